The van der Waals surface area contributed by atoms with Gasteiger partial charge >= 0.3 is 0 Å². The highest BCUT2D eigenvalue weighted by atomic mass is 14.7. The van der Waals surface area contributed by atoms with Crippen LogP contribution in [0.3, 0.4) is 0 Å². The van der Waals surface area contributed by atoms with E-state index >= 15 is 0 Å². The molecule has 0 saturated carbocycles. The molecule has 10 aromatic rings. The highest BCUT2D eigenvalue weighted by Crippen LogP contribution is 2.59. The maximum Gasteiger partial charge on any atom is 0.0722 e. The summed E-state index contributed by atoms with van der Waals surface area (Å²) in [5.41, 5.74) is 23.6. The second-order valence-electron chi connectivity index (χ2n) is 15.6. The SMILES string of the molecule is Cc1cc(C)cc(-c2ccc3c(c2)-c2cc(-c4ccc5c6c(cccc46)-c4c-5c(-c5ccccc5)c5ccccc5c4-c4ccccc4)nc4cccc-3c24)c1. The molecule has 1 heterocycles. The first-order valence-corrected chi connectivity index (χ1v) is 19.5. The standard InChI is InChI=1S/C55H35N/c1-32-27-33(2)29-37(28-32)36-23-24-38-40-20-12-22-48-53(40)47(46(38)30-36)31-49(56-48)39-25-26-45-52-41(39)19-11-21-44(52)54-50(34-13-5-3-6-14-34)42-17-9-10-18-43(42)51(55(45)54)35-15-7-4-8-16-35/h3-31H,1-2H3. The molecular weight excluding hydrogens is 675 g/mol. The van der Waals surface area contributed by atoms with E-state index in [1.807, 2.05) is 0 Å². The molecule has 1 aromatic heterocycles. The quantitative estimate of drug-likeness (QED) is 0.177. The summed E-state index contributed by atoms with van der Waals surface area (Å²) in [6.45, 7) is 4.37. The monoisotopic (exact) mass is 709 g/mol. The first-order valence-electron chi connectivity index (χ1n) is 19.5. The van der Waals surface area contributed by atoms with Gasteiger partial charge in [-0.15, -0.1) is 0 Å². The molecule has 1 heteroatoms. The second-order valence-corrected chi connectivity index (χ2v) is 15.6. The molecule has 0 spiro atoms. The van der Waals surface area contributed by atoms with E-state index in [1.54, 1.807) is 0 Å². The summed E-state index contributed by atoms with van der Waals surface area (Å²) in [6, 6.07) is 65.2. The summed E-state index contributed by atoms with van der Waals surface area (Å²) >= 11 is 0. The van der Waals surface area contributed by atoms with Crippen LogP contribution in [0.15, 0.2) is 176 Å². The number of rotatable bonds is 4. The van der Waals surface area contributed by atoms with E-state index in [0.717, 1.165) is 16.8 Å². The van der Waals surface area contributed by atoms with Crippen LogP contribution in [0.25, 0.3) is 122 Å². The number of nitrogens with zero attached hydrogens (tertiary/aromatic N) is 1. The van der Waals surface area contributed by atoms with Crippen molar-refractivity contribution >= 4 is 32.4 Å². The zero-order chi connectivity index (χ0) is 37.1. The number of hydrogen-bond acceptors (Lipinski definition) is 1. The number of aryl methyl sites for hydroxylation is 2. The highest BCUT2D eigenvalue weighted by molar-refractivity contribution is 6.29. The number of benzene rings is 9. The second kappa shape index (κ2) is 11.7. The fourth-order valence-corrected chi connectivity index (χ4v) is 10.0. The largest absolute Gasteiger partial charge is 0.248 e. The Hall–Kier alpha value is -7.09. The first-order chi connectivity index (χ1) is 27.6. The zero-order valence-electron chi connectivity index (χ0n) is 31.2. The molecule has 0 atom stereocenters. The van der Waals surface area contributed by atoms with Crippen LogP contribution in [0.2, 0.25) is 0 Å². The summed E-state index contributed by atoms with van der Waals surface area (Å²) in [4.78, 5) is 5.45. The lowest BCUT2D eigenvalue weighted by Crippen LogP contribution is -1.93. The van der Waals surface area contributed by atoms with Gasteiger partial charge < -0.3 is 0 Å². The Kier molecular flexibility index (Phi) is 6.54. The van der Waals surface area contributed by atoms with Crippen molar-refractivity contribution in [1.82, 2.24) is 4.98 Å². The van der Waals surface area contributed by atoms with Crippen LogP contribution in [0.1, 0.15) is 11.1 Å². The predicted octanol–water partition coefficient (Wildman–Crippen LogP) is 15.1. The predicted molar refractivity (Wildman–Crippen MR) is 237 cm³/mol. The Labute approximate surface area is 326 Å². The van der Waals surface area contributed by atoms with Crippen molar-refractivity contribution in [2.45, 2.75) is 13.8 Å². The van der Waals surface area contributed by atoms with E-state index in [-0.39, 0.29) is 0 Å². The van der Waals surface area contributed by atoms with Gasteiger partial charge in [0.25, 0.3) is 0 Å². The third-order valence-corrected chi connectivity index (χ3v) is 12.2. The van der Waals surface area contributed by atoms with Crippen molar-refractivity contribution in [3.05, 3.63) is 187 Å². The van der Waals surface area contributed by atoms with Crippen LogP contribution < -0.4 is 0 Å². The lowest BCUT2D eigenvalue weighted by Gasteiger charge is -2.20. The Morgan fingerprint density at radius 2 is 0.875 bits per heavy atom. The van der Waals surface area contributed by atoms with Gasteiger partial charge in [0.05, 0.1) is 11.2 Å². The van der Waals surface area contributed by atoms with Gasteiger partial charge in [0.1, 0.15) is 0 Å². The Bertz CT molecular complexity index is 3190. The van der Waals surface area contributed by atoms with Gasteiger partial charge in [-0.1, -0.05) is 169 Å². The Morgan fingerprint density at radius 3 is 1.57 bits per heavy atom. The van der Waals surface area contributed by atoms with Gasteiger partial charge in [-0.2, -0.15) is 0 Å². The lowest BCUT2D eigenvalue weighted by molar-refractivity contribution is 1.38. The first kappa shape index (κ1) is 31.3. The molecule has 0 saturated heterocycles. The molecule has 2 aliphatic rings. The molecule has 0 radical (unpaired) electrons. The van der Waals surface area contributed by atoms with Crippen LogP contribution in [0, 0.1) is 13.8 Å². The van der Waals surface area contributed by atoms with Gasteiger partial charge in [-0.05, 0) is 131 Å². The van der Waals surface area contributed by atoms with Gasteiger partial charge in [0, 0.05) is 10.9 Å². The fraction of sp³-hybridized carbons (Fsp3) is 0.0364. The minimum absolute atomic E-state index is 1.01. The fourth-order valence-electron chi connectivity index (χ4n) is 10.0. The van der Waals surface area contributed by atoms with Crippen molar-refractivity contribution in [1.29, 1.82) is 0 Å². The minimum atomic E-state index is 1.01. The third kappa shape index (κ3) is 4.40. The molecular formula is C55H35N. The van der Waals surface area contributed by atoms with Crippen LogP contribution >= 0.6 is 0 Å². The average molecular weight is 710 g/mol. The summed E-state index contributed by atoms with van der Waals surface area (Å²) in [7, 11) is 0. The molecule has 260 valence electrons. The maximum atomic E-state index is 5.45. The molecule has 0 aliphatic heterocycles. The molecule has 2 aliphatic carbocycles. The van der Waals surface area contributed by atoms with E-state index in [2.05, 4.69) is 190 Å². The smallest absolute Gasteiger partial charge is 0.0722 e. The topological polar surface area (TPSA) is 12.9 Å². The highest BCUT2D eigenvalue weighted by Gasteiger charge is 2.32. The molecule has 0 N–H and O–H groups in total. The molecule has 0 amide bonds. The Morgan fingerprint density at radius 1 is 0.304 bits per heavy atom. The Balaban J connectivity index is 1.12. The molecule has 0 bridgehead atoms. The summed E-state index contributed by atoms with van der Waals surface area (Å²) in [6.07, 6.45) is 0. The van der Waals surface area contributed by atoms with Crippen molar-refractivity contribution in [2.75, 3.05) is 0 Å². The molecule has 1 nitrogen and oxygen atoms in total. The van der Waals surface area contributed by atoms with Crippen LogP contribution in [0.5, 0.6) is 0 Å². The van der Waals surface area contributed by atoms with E-state index in [9.17, 15) is 0 Å². The van der Waals surface area contributed by atoms with E-state index < -0.39 is 0 Å². The zero-order valence-corrected chi connectivity index (χ0v) is 31.2. The van der Waals surface area contributed by atoms with E-state index in [4.69, 9.17) is 4.98 Å². The van der Waals surface area contributed by atoms with Crippen LogP contribution in [0.4, 0.5) is 0 Å². The molecule has 9 aromatic carbocycles. The summed E-state index contributed by atoms with van der Waals surface area (Å²) in [5, 5.41) is 6.32. The number of aromatic nitrogens is 1. The average Bonchev–Trinajstić information content (AvgIpc) is 3.74. The maximum absolute atomic E-state index is 5.45. The van der Waals surface area contributed by atoms with Gasteiger partial charge in [-0.25, -0.2) is 4.98 Å². The minimum Gasteiger partial charge on any atom is -0.248 e. The molecule has 12 rings (SSSR count). The van der Waals surface area contributed by atoms with Gasteiger partial charge in [0.15, 0.2) is 0 Å². The molecule has 56 heavy (non-hydrogen) atoms. The summed E-state index contributed by atoms with van der Waals surface area (Å²) < 4.78 is 0. The van der Waals surface area contributed by atoms with Crippen molar-refractivity contribution in [3.8, 4) is 89.1 Å². The molecule has 0 unspecified atom stereocenters. The van der Waals surface area contributed by atoms with Crippen molar-refractivity contribution in [3.63, 3.8) is 0 Å². The van der Waals surface area contributed by atoms with Crippen LogP contribution in [-0.2, 0) is 0 Å². The van der Waals surface area contributed by atoms with Gasteiger partial charge in [0.2, 0.25) is 0 Å². The lowest BCUT2D eigenvalue weighted by atomic mass is 9.82. The third-order valence-electron chi connectivity index (χ3n) is 12.2. The number of pyridine rings is 1. The number of fused-ring (bicyclic) bond motifs is 7. The van der Waals surface area contributed by atoms with Gasteiger partial charge in [-0.3, -0.25) is 0 Å². The van der Waals surface area contributed by atoms with E-state index in [0.29, 0.717) is 0 Å². The van der Waals surface area contributed by atoms with Crippen molar-refractivity contribution in [2.24, 2.45) is 0 Å². The molecule has 0 fully saturated rings. The van der Waals surface area contributed by atoms with Crippen LogP contribution in [-0.4, -0.2) is 4.98 Å². The van der Waals surface area contributed by atoms with E-state index in [1.165, 1.54) is 116 Å². The van der Waals surface area contributed by atoms with Crippen molar-refractivity contribution < 1.29 is 0 Å². The normalized spacial score (nSPS) is 12.1. The number of hydrogen-bond donors (Lipinski definition) is 0. The summed E-state index contributed by atoms with van der Waals surface area (Å²) in [5.74, 6) is 0.